The summed E-state index contributed by atoms with van der Waals surface area (Å²) in [6.07, 6.45) is 2.55. The number of carbonyl (C=O) groups excluding carboxylic acids is 1. The van der Waals surface area contributed by atoms with Crippen molar-refractivity contribution in [3.8, 4) is 10.8 Å². The number of methoxy groups -OCH3 is 1. The fraction of sp³-hybridized carbons (Fsp3) is 0.176. The second kappa shape index (κ2) is 7.30. The molecule has 136 valence electrons. The third-order valence-electron chi connectivity index (χ3n) is 3.57. The normalized spacial score (nSPS) is 11.3. The molecular formula is C17H16N2O5S2. The zero-order chi connectivity index (χ0) is 18.7. The molecule has 0 amide bonds. The van der Waals surface area contributed by atoms with Gasteiger partial charge in [-0.1, -0.05) is 6.07 Å². The Bertz CT molecular complexity index is 992. The molecule has 3 rings (SSSR count). The van der Waals surface area contributed by atoms with Gasteiger partial charge in [-0.15, -0.1) is 11.3 Å². The van der Waals surface area contributed by atoms with E-state index in [-0.39, 0.29) is 6.54 Å². The quantitative estimate of drug-likeness (QED) is 0.599. The van der Waals surface area contributed by atoms with E-state index < -0.39 is 16.0 Å². The maximum Gasteiger partial charge on any atom is 0.337 e. The Morgan fingerprint density at radius 1 is 1.27 bits per heavy atom. The predicted octanol–water partition coefficient (Wildman–Crippen LogP) is 3.16. The number of nitrogens with zero attached hydrogens (tertiary/aromatic N) is 2. The largest absolute Gasteiger partial charge is 0.465 e. The summed E-state index contributed by atoms with van der Waals surface area (Å²) in [6, 6.07) is 9.88. The molecule has 0 unspecified atom stereocenters. The number of aromatic nitrogens is 1. The van der Waals surface area contributed by atoms with Crippen LogP contribution >= 0.6 is 11.3 Å². The number of ether oxygens (including phenoxy) is 1. The number of esters is 1. The van der Waals surface area contributed by atoms with Gasteiger partial charge >= 0.3 is 5.97 Å². The summed E-state index contributed by atoms with van der Waals surface area (Å²) in [5, 5.41) is 1.91. The van der Waals surface area contributed by atoms with Crippen molar-refractivity contribution in [1.29, 1.82) is 0 Å². The molecule has 26 heavy (non-hydrogen) atoms. The average Bonchev–Trinajstić information content (AvgIpc) is 3.29. The molecule has 1 aromatic carbocycles. The Labute approximate surface area is 154 Å². The Hall–Kier alpha value is -2.65. The highest BCUT2D eigenvalue weighted by Crippen LogP contribution is 2.26. The van der Waals surface area contributed by atoms with Gasteiger partial charge in [-0.25, -0.2) is 18.2 Å². The number of thiophene rings is 1. The van der Waals surface area contributed by atoms with Crippen molar-refractivity contribution in [2.24, 2.45) is 0 Å². The first-order chi connectivity index (χ1) is 12.4. The molecule has 0 saturated heterocycles. The first-order valence-corrected chi connectivity index (χ1v) is 10.3. The highest BCUT2D eigenvalue weighted by atomic mass is 32.2. The lowest BCUT2D eigenvalue weighted by Crippen LogP contribution is -2.29. The van der Waals surface area contributed by atoms with Crippen LogP contribution in [0.4, 0.5) is 5.69 Å². The number of hydrogen-bond acceptors (Lipinski definition) is 7. The number of sulfonamides is 1. The van der Waals surface area contributed by atoms with Gasteiger partial charge in [-0.2, -0.15) is 0 Å². The van der Waals surface area contributed by atoms with Gasteiger partial charge in [0.15, 0.2) is 0 Å². The number of benzene rings is 1. The summed E-state index contributed by atoms with van der Waals surface area (Å²) < 4.78 is 35.7. The van der Waals surface area contributed by atoms with Gasteiger partial charge in [0.1, 0.15) is 12.0 Å². The third kappa shape index (κ3) is 3.94. The van der Waals surface area contributed by atoms with Crippen LogP contribution in [0.2, 0.25) is 0 Å². The third-order valence-corrected chi connectivity index (χ3v) is 5.56. The second-order valence-corrected chi connectivity index (χ2v) is 8.28. The lowest BCUT2D eigenvalue weighted by Gasteiger charge is -2.21. The summed E-state index contributed by atoms with van der Waals surface area (Å²) in [5.74, 6) is -0.0379. The van der Waals surface area contributed by atoms with Crippen molar-refractivity contribution in [3.05, 3.63) is 59.3 Å². The minimum Gasteiger partial charge on any atom is -0.465 e. The van der Waals surface area contributed by atoms with Crippen LogP contribution in [0.15, 0.2) is 52.5 Å². The van der Waals surface area contributed by atoms with Gasteiger partial charge in [0, 0.05) is 0 Å². The van der Waals surface area contributed by atoms with E-state index in [1.165, 1.54) is 41.1 Å². The van der Waals surface area contributed by atoms with E-state index in [0.29, 0.717) is 22.8 Å². The molecule has 7 nitrogen and oxygen atoms in total. The Morgan fingerprint density at radius 2 is 2.00 bits per heavy atom. The zero-order valence-electron chi connectivity index (χ0n) is 14.1. The maximum absolute atomic E-state index is 12.2. The SMILES string of the molecule is COC(=O)c1ccc(N(Cc2coc(-c3cccs3)n2)S(C)(=O)=O)cc1. The molecule has 0 aliphatic heterocycles. The van der Waals surface area contributed by atoms with Crippen molar-refractivity contribution in [2.45, 2.75) is 6.54 Å². The maximum atomic E-state index is 12.2. The second-order valence-electron chi connectivity index (χ2n) is 5.43. The van der Waals surface area contributed by atoms with Crippen molar-refractivity contribution in [3.63, 3.8) is 0 Å². The molecular weight excluding hydrogens is 376 g/mol. The average molecular weight is 392 g/mol. The van der Waals surface area contributed by atoms with Gasteiger partial charge < -0.3 is 9.15 Å². The predicted molar refractivity (Wildman–Crippen MR) is 98.6 cm³/mol. The van der Waals surface area contributed by atoms with Crippen LogP contribution in [-0.2, 0) is 21.3 Å². The molecule has 0 radical (unpaired) electrons. The van der Waals surface area contributed by atoms with Crippen LogP contribution < -0.4 is 4.31 Å². The van der Waals surface area contributed by atoms with Crippen molar-refractivity contribution < 1.29 is 22.4 Å². The van der Waals surface area contributed by atoms with E-state index >= 15 is 0 Å². The molecule has 0 saturated carbocycles. The Kier molecular flexibility index (Phi) is 5.10. The van der Waals surface area contributed by atoms with E-state index in [2.05, 4.69) is 9.72 Å². The molecule has 2 heterocycles. The summed E-state index contributed by atoms with van der Waals surface area (Å²) in [6.45, 7) is 0.0191. The number of rotatable bonds is 6. The van der Waals surface area contributed by atoms with Crippen LogP contribution in [0.3, 0.4) is 0 Å². The highest BCUT2D eigenvalue weighted by molar-refractivity contribution is 7.92. The standard InChI is InChI=1S/C17H16N2O5S2/c1-23-17(20)12-5-7-14(8-6-12)19(26(2,21)22)10-13-11-24-16(18-13)15-4-3-9-25-15/h3-9,11H,10H2,1-2H3. The summed E-state index contributed by atoms with van der Waals surface area (Å²) >= 11 is 1.48. The molecule has 0 fully saturated rings. The molecule has 0 aliphatic carbocycles. The first-order valence-electron chi connectivity index (χ1n) is 7.53. The van der Waals surface area contributed by atoms with Gasteiger partial charge in [0.2, 0.25) is 15.9 Å². The van der Waals surface area contributed by atoms with E-state index in [4.69, 9.17) is 4.42 Å². The molecule has 0 aliphatic rings. The zero-order valence-corrected chi connectivity index (χ0v) is 15.7. The van der Waals surface area contributed by atoms with Crippen molar-refractivity contribution in [1.82, 2.24) is 4.98 Å². The van der Waals surface area contributed by atoms with Crippen LogP contribution in [0.1, 0.15) is 16.1 Å². The number of hydrogen-bond donors (Lipinski definition) is 0. The smallest absolute Gasteiger partial charge is 0.337 e. The van der Waals surface area contributed by atoms with Crippen molar-refractivity contribution in [2.75, 3.05) is 17.7 Å². The molecule has 0 bridgehead atoms. The molecule has 3 aromatic rings. The van der Waals surface area contributed by atoms with E-state index in [1.54, 1.807) is 12.1 Å². The molecule has 0 spiro atoms. The van der Waals surface area contributed by atoms with E-state index in [0.717, 1.165) is 11.1 Å². The Balaban J connectivity index is 1.87. The fourth-order valence-electron chi connectivity index (χ4n) is 2.32. The first kappa shape index (κ1) is 18.2. The van der Waals surface area contributed by atoms with Crippen LogP contribution in [-0.4, -0.2) is 32.7 Å². The lowest BCUT2D eigenvalue weighted by molar-refractivity contribution is 0.0600. The molecule has 2 aromatic heterocycles. The number of carbonyl (C=O) groups is 1. The fourth-order valence-corrected chi connectivity index (χ4v) is 3.85. The highest BCUT2D eigenvalue weighted by Gasteiger charge is 2.20. The monoisotopic (exact) mass is 392 g/mol. The Morgan fingerprint density at radius 3 is 2.58 bits per heavy atom. The minimum absolute atomic E-state index is 0.0191. The summed E-state index contributed by atoms with van der Waals surface area (Å²) in [4.78, 5) is 16.7. The van der Waals surface area contributed by atoms with Gasteiger partial charge in [-0.3, -0.25) is 4.31 Å². The number of anilines is 1. The minimum atomic E-state index is -3.56. The number of oxazole rings is 1. The summed E-state index contributed by atoms with van der Waals surface area (Å²) in [7, 11) is -2.27. The lowest BCUT2D eigenvalue weighted by atomic mass is 10.2. The van der Waals surface area contributed by atoms with E-state index in [9.17, 15) is 13.2 Å². The van der Waals surface area contributed by atoms with Gasteiger partial charge in [-0.05, 0) is 35.7 Å². The molecule has 9 heteroatoms. The van der Waals surface area contributed by atoms with Gasteiger partial charge in [0.05, 0.1) is 36.0 Å². The van der Waals surface area contributed by atoms with E-state index in [1.807, 2.05) is 17.5 Å². The van der Waals surface area contributed by atoms with Crippen LogP contribution in [0.25, 0.3) is 10.8 Å². The topological polar surface area (TPSA) is 89.7 Å². The summed E-state index contributed by atoms with van der Waals surface area (Å²) in [5.41, 5.74) is 1.24. The molecule has 0 atom stereocenters. The van der Waals surface area contributed by atoms with Crippen LogP contribution in [0, 0.1) is 0 Å². The van der Waals surface area contributed by atoms with Crippen molar-refractivity contribution >= 4 is 33.0 Å². The van der Waals surface area contributed by atoms with Gasteiger partial charge in [0.25, 0.3) is 0 Å². The van der Waals surface area contributed by atoms with Crippen LogP contribution in [0.5, 0.6) is 0 Å². The molecule has 0 N–H and O–H groups in total.